The number of nitrogens with zero attached hydrogens (tertiary/aromatic N) is 2. The molecule has 0 aliphatic carbocycles. The molecule has 17 heavy (non-hydrogen) atoms. The number of aliphatic hydroxyl groups excluding tert-OH is 1. The molecule has 2 aromatic rings. The standard InChI is InChI=1S/C12H12BrFN2O/c1-7-5-8(3-4-10(7)14)12(17)11-9(13)6-15-16(11)2/h3-6,12,17H,1-2H3. The molecular weight excluding hydrogens is 287 g/mol. The topological polar surface area (TPSA) is 38.1 Å². The molecule has 1 heterocycles. The van der Waals surface area contributed by atoms with E-state index in [1.165, 1.54) is 6.07 Å². The van der Waals surface area contributed by atoms with Crippen LogP contribution < -0.4 is 0 Å². The fourth-order valence-corrected chi connectivity index (χ4v) is 2.29. The van der Waals surface area contributed by atoms with Gasteiger partial charge in [-0.15, -0.1) is 0 Å². The van der Waals surface area contributed by atoms with Crippen molar-refractivity contribution in [2.75, 3.05) is 0 Å². The van der Waals surface area contributed by atoms with Gasteiger partial charge in [0, 0.05) is 7.05 Å². The minimum atomic E-state index is -0.823. The summed E-state index contributed by atoms with van der Waals surface area (Å²) in [7, 11) is 1.75. The van der Waals surface area contributed by atoms with Gasteiger partial charge in [-0.2, -0.15) is 5.10 Å². The number of hydrogen-bond donors (Lipinski definition) is 1. The van der Waals surface area contributed by atoms with E-state index in [0.717, 1.165) is 4.47 Å². The molecule has 0 aliphatic rings. The van der Waals surface area contributed by atoms with Crippen LogP contribution in [0.2, 0.25) is 0 Å². The number of halogens is 2. The summed E-state index contributed by atoms with van der Waals surface area (Å²) in [5.41, 5.74) is 1.81. The van der Waals surface area contributed by atoms with E-state index in [0.29, 0.717) is 16.8 Å². The lowest BCUT2D eigenvalue weighted by Gasteiger charge is -2.13. The van der Waals surface area contributed by atoms with E-state index >= 15 is 0 Å². The Balaban J connectivity index is 2.43. The number of aryl methyl sites for hydroxylation is 2. The molecule has 2 rings (SSSR count). The van der Waals surface area contributed by atoms with Crippen LogP contribution in [0.15, 0.2) is 28.9 Å². The van der Waals surface area contributed by atoms with E-state index in [2.05, 4.69) is 21.0 Å². The van der Waals surface area contributed by atoms with E-state index in [1.54, 1.807) is 37.0 Å². The molecule has 0 aliphatic heterocycles. The molecular formula is C12H12BrFN2O. The number of rotatable bonds is 2. The summed E-state index contributed by atoms with van der Waals surface area (Å²) in [6, 6.07) is 4.57. The van der Waals surface area contributed by atoms with Gasteiger partial charge in [0.1, 0.15) is 11.9 Å². The highest BCUT2D eigenvalue weighted by atomic mass is 79.9. The fourth-order valence-electron chi connectivity index (χ4n) is 1.72. The quantitative estimate of drug-likeness (QED) is 0.926. The van der Waals surface area contributed by atoms with Crippen molar-refractivity contribution >= 4 is 15.9 Å². The first-order valence-corrected chi connectivity index (χ1v) is 5.91. The summed E-state index contributed by atoms with van der Waals surface area (Å²) in [4.78, 5) is 0. The second-order valence-corrected chi connectivity index (χ2v) is 4.77. The first-order valence-electron chi connectivity index (χ1n) is 5.12. The van der Waals surface area contributed by atoms with Gasteiger partial charge in [-0.25, -0.2) is 4.39 Å². The Labute approximate surface area is 107 Å². The Kier molecular flexibility index (Phi) is 3.31. The predicted molar refractivity (Wildman–Crippen MR) is 66.1 cm³/mol. The third-order valence-electron chi connectivity index (χ3n) is 2.69. The van der Waals surface area contributed by atoms with Crippen LogP contribution in [-0.2, 0) is 7.05 Å². The molecule has 0 radical (unpaired) electrons. The molecule has 1 aromatic heterocycles. The monoisotopic (exact) mass is 298 g/mol. The fraction of sp³-hybridized carbons (Fsp3) is 0.250. The van der Waals surface area contributed by atoms with E-state index in [-0.39, 0.29) is 5.82 Å². The van der Waals surface area contributed by atoms with Crippen LogP contribution in [0.3, 0.4) is 0 Å². The smallest absolute Gasteiger partial charge is 0.126 e. The Morgan fingerprint density at radius 3 is 2.71 bits per heavy atom. The molecule has 0 fully saturated rings. The molecule has 5 heteroatoms. The number of aromatic nitrogens is 2. The molecule has 0 spiro atoms. The van der Waals surface area contributed by atoms with Crippen LogP contribution in [0.25, 0.3) is 0 Å². The molecule has 1 aromatic carbocycles. The lowest BCUT2D eigenvalue weighted by Crippen LogP contribution is -2.07. The van der Waals surface area contributed by atoms with Gasteiger partial charge in [0.15, 0.2) is 0 Å². The number of hydrogen-bond acceptors (Lipinski definition) is 2. The lowest BCUT2D eigenvalue weighted by atomic mass is 10.0. The van der Waals surface area contributed by atoms with Gasteiger partial charge in [0.2, 0.25) is 0 Å². The van der Waals surface area contributed by atoms with Crippen molar-refractivity contribution in [3.63, 3.8) is 0 Å². The van der Waals surface area contributed by atoms with E-state index in [1.807, 2.05) is 0 Å². The van der Waals surface area contributed by atoms with Gasteiger partial charge in [-0.1, -0.05) is 12.1 Å². The normalized spacial score (nSPS) is 12.8. The second kappa shape index (κ2) is 4.58. The first-order chi connectivity index (χ1) is 8.00. The third-order valence-corrected chi connectivity index (χ3v) is 3.31. The van der Waals surface area contributed by atoms with Gasteiger partial charge >= 0.3 is 0 Å². The van der Waals surface area contributed by atoms with Crippen molar-refractivity contribution in [1.29, 1.82) is 0 Å². The molecule has 1 N–H and O–H groups in total. The van der Waals surface area contributed by atoms with Crippen LogP contribution in [0, 0.1) is 12.7 Å². The van der Waals surface area contributed by atoms with Crippen molar-refractivity contribution in [2.45, 2.75) is 13.0 Å². The maximum absolute atomic E-state index is 13.2. The third kappa shape index (κ3) is 2.25. The Morgan fingerprint density at radius 2 is 2.18 bits per heavy atom. The zero-order valence-corrected chi connectivity index (χ0v) is 11.1. The van der Waals surface area contributed by atoms with Crippen molar-refractivity contribution < 1.29 is 9.50 Å². The predicted octanol–water partition coefficient (Wildman–Crippen LogP) is 2.71. The van der Waals surface area contributed by atoms with Crippen LogP contribution in [0.4, 0.5) is 4.39 Å². The average molecular weight is 299 g/mol. The summed E-state index contributed by atoms with van der Waals surface area (Å²) in [5, 5.41) is 14.3. The van der Waals surface area contributed by atoms with Crippen molar-refractivity contribution in [2.24, 2.45) is 7.05 Å². The van der Waals surface area contributed by atoms with Crippen molar-refractivity contribution in [3.8, 4) is 0 Å². The molecule has 0 saturated heterocycles. The molecule has 1 unspecified atom stereocenters. The van der Waals surface area contributed by atoms with Gasteiger partial charge in [0.05, 0.1) is 16.4 Å². The van der Waals surface area contributed by atoms with Crippen molar-refractivity contribution in [1.82, 2.24) is 9.78 Å². The maximum atomic E-state index is 13.2. The Hall–Kier alpha value is -1.20. The minimum absolute atomic E-state index is 0.273. The highest BCUT2D eigenvalue weighted by molar-refractivity contribution is 9.10. The van der Waals surface area contributed by atoms with Crippen LogP contribution in [0.1, 0.15) is 22.9 Å². The number of benzene rings is 1. The van der Waals surface area contributed by atoms with Crippen LogP contribution in [0.5, 0.6) is 0 Å². The molecule has 90 valence electrons. The SMILES string of the molecule is Cc1cc(C(O)c2c(Br)cnn2C)ccc1F. The van der Waals surface area contributed by atoms with Gasteiger partial charge in [-0.3, -0.25) is 4.68 Å². The Morgan fingerprint density at radius 1 is 1.47 bits per heavy atom. The van der Waals surface area contributed by atoms with Gasteiger partial charge in [0.25, 0.3) is 0 Å². The highest BCUT2D eigenvalue weighted by Gasteiger charge is 2.18. The zero-order chi connectivity index (χ0) is 12.6. The highest BCUT2D eigenvalue weighted by Crippen LogP contribution is 2.28. The molecule has 1 atom stereocenters. The van der Waals surface area contributed by atoms with Gasteiger partial charge in [-0.05, 0) is 40.0 Å². The molecule has 0 amide bonds. The van der Waals surface area contributed by atoms with E-state index in [4.69, 9.17) is 0 Å². The van der Waals surface area contributed by atoms with Crippen LogP contribution >= 0.6 is 15.9 Å². The molecule has 0 bridgehead atoms. The van der Waals surface area contributed by atoms with Gasteiger partial charge < -0.3 is 5.11 Å². The Bertz CT molecular complexity index is 534. The van der Waals surface area contributed by atoms with E-state index < -0.39 is 6.10 Å². The molecule has 0 saturated carbocycles. The van der Waals surface area contributed by atoms with E-state index in [9.17, 15) is 9.50 Å². The average Bonchev–Trinajstić information content (AvgIpc) is 2.62. The number of aliphatic hydroxyl groups is 1. The maximum Gasteiger partial charge on any atom is 0.126 e. The first kappa shape index (κ1) is 12.3. The summed E-state index contributed by atoms with van der Waals surface area (Å²) >= 11 is 3.33. The summed E-state index contributed by atoms with van der Waals surface area (Å²) in [6.45, 7) is 1.67. The lowest BCUT2D eigenvalue weighted by molar-refractivity contribution is 0.208. The molecule has 3 nitrogen and oxygen atoms in total. The van der Waals surface area contributed by atoms with Crippen LogP contribution in [-0.4, -0.2) is 14.9 Å². The summed E-state index contributed by atoms with van der Waals surface area (Å²) in [5.74, 6) is -0.273. The van der Waals surface area contributed by atoms with Crippen molar-refractivity contribution in [3.05, 3.63) is 51.5 Å². The second-order valence-electron chi connectivity index (χ2n) is 3.91. The summed E-state index contributed by atoms with van der Waals surface area (Å²) < 4.78 is 15.5. The largest absolute Gasteiger partial charge is 0.382 e. The summed E-state index contributed by atoms with van der Waals surface area (Å²) in [6.07, 6.45) is 0.797. The zero-order valence-electron chi connectivity index (χ0n) is 9.48. The minimum Gasteiger partial charge on any atom is -0.382 e.